The number of rotatable bonds is 6. The summed E-state index contributed by atoms with van der Waals surface area (Å²) in [6.07, 6.45) is 6.57. The van der Waals surface area contributed by atoms with Crippen molar-refractivity contribution in [3.8, 4) is 0 Å². The predicted octanol–water partition coefficient (Wildman–Crippen LogP) is 2.82. The Morgan fingerprint density at radius 2 is 1.62 bits per heavy atom. The molecule has 0 aromatic heterocycles. The summed E-state index contributed by atoms with van der Waals surface area (Å²) in [6, 6.07) is 10.8. The molecule has 2 heterocycles. The lowest BCUT2D eigenvalue weighted by Gasteiger charge is -2.43. The van der Waals surface area contributed by atoms with E-state index >= 15 is 0 Å². The Morgan fingerprint density at radius 1 is 0.966 bits per heavy atom. The third-order valence-electron chi connectivity index (χ3n) is 6.44. The summed E-state index contributed by atoms with van der Waals surface area (Å²) >= 11 is 0. The topological polar surface area (TPSA) is 61.9 Å². The molecule has 1 aromatic rings. The fourth-order valence-corrected chi connectivity index (χ4v) is 4.58. The molecule has 6 nitrogen and oxygen atoms in total. The summed E-state index contributed by atoms with van der Waals surface area (Å²) in [5, 5.41) is 3.05. The molecule has 1 aliphatic carbocycles. The number of piperidine rings is 1. The summed E-state index contributed by atoms with van der Waals surface area (Å²) in [6.45, 7) is 3.60. The van der Waals surface area contributed by atoms with E-state index in [1.54, 1.807) is 0 Å². The number of likely N-dealkylation sites (tertiary alicyclic amines) is 1. The van der Waals surface area contributed by atoms with Crippen LogP contribution in [0.5, 0.6) is 0 Å². The van der Waals surface area contributed by atoms with Crippen LogP contribution in [0, 0.1) is 5.92 Å². The lowest BCUT2D eigenvalue weighted by Crippen LogP contribution is -2.55. The quantitative estimate of drug-likeness (QED) is 0.800. The molecule has 0 bridgehead atoms. The smallest absolute Gasteiger partial charge is 0.317 e. The van der Waals surface area contributed by atoms with Crippen LogP contribution >= 0.6 is 0 Å². The number of hydrogen-bond donors (Lipinski definition) is 1. The summed E-state index contributed by atoms with van der Waals surface area (Å²) in [5.41, 5.74) is 1.23. The Morgan fingerprint density at radius 3 is 2.28 bits per heavy atom. The first-order valence-corrected chi connectivity index (χ1v) is 11.2. The second-order valence-electron chi connectivity index (χ2n) is 8.55. The van der Waals surface area contributed by atoms with Crippen LogP contribution in [-0.2, 0) is 16.0 Å². The maximum Gasteiger partial charge on any atom is 0.317 e. The molecule has 1 saturated carbocycles. The number of carbonyl (C=O) groups excluding carboxylic acids is 2. The fraction of sp³-hybridized carbons (Fsp3) is 0.652. The average Bonchev–Trinajstić information content (AvgIpc) is 3.61. The van der Waals surface area contributed by atoms with E-state index < -0.39 is 0 Å². The van der Waals surface area contributed by atoms with E-state index in [9.17, 15) is 9.59 Å². The number of carbonyl (C=O) groups is 2. The normalized spacial score (nSPS) is 21.0. The number of nitrogens with one attached hydrogen (secondary N) is 1. The van der Waals surface area contributed by atoms with E-state index in [0.717, 1.165) is 71.2 Å². The van der Waals surface area contributed by atoms with Gasteiger partial charge in [0.25, 0.3) is 0 Å². The fourth-order valence-electron chi connectivity index (χ4n) is 4.58. The molecule has 3 fully saturated rings. The molecule has 2 saturated heterocycles. The third-order valence-corrected chi connectivity index (χ3v) is 6.44. The molecule has 1 aromatic carbocycles. The number of amides is 3. The van der Waals surface area contributed by atoms with Gasteiger partial charge in [0.1, 0.15) is 0 Å². The Labute approximate surface area is 173 Å². The first-order chi connectivity index (χ1) is 14.2. The number of hydrogen-bond acceptors (Lipinski definition) is 3. The highest BCUT2D eigenvalue weighted by atomic mass is 16.5. The molecular weight excluding hydrogens is 366 g/mol. The van der Waals surface area contributed by atoms with Gasteiger partial charge in [0, 0.05) is 50.8 Å². The minimum atomic E-state index is 0.0190. The molecule has 1 N–H and O–H groups in total. The zero-order valence-electron chi connectivity index (χ0n) is 17.2. The largest absolute Gasteiger partial charge is 0.381 e. The third kappa shape index (κ3) is 5.30. The van der Waals surface area contributed by atoms with E-state index in [0.29, 0.717) is 18.5 Å². The van der Waals surface area contributed by atoms with Crippen LogP contribution in [0.2, 0.25) is 0 Å². The van der Waals surface area contributed by atoms with Crippen molar-refractivity contribution in [3.05, 3.63) is 35.9 Å². The highest BCUT2D eigenvalue weighted by molar-refractivity contribution is 5.81. The molecule has 0 atom stereocenters. The first-order valence-electron chi connectivity index (χ1n) is 11.2. The van der Waals surface area contributed by atoms with Gasteiger partial charge in [-0.1, -0.05) is 30.3 Å². The van der Waals surface area contributed by atoms with E-state index in [1.807, 2.05) is 23.1 Å². The zero-order valence-corrected chi connectivity index (χ0v) is 17.2. The summed E-state index contributed by atoms with van der Waals surface area (Å²) in [7, 11) is 0. The van der Waals surface area contributed by atoms with Gasteiger partial charge in [-0.25, -0.2) is 4.79 Å². The maximum absolute atomic E-state index is 13.0. The van der Waals surface area contributed by atoms with Crippen LogP contribution in [0.15, 0.2) is 30.3 Å². The molecular formula is C23H33N3O3. The lowest BCUT2D eigenvalue weighted by molar-refractivity contribution is -0.141. The molecule has 6 heteroatoms. The predicted molar refractivity (Wildman–Crippen MR) is 112 cm³/mol. The number of ether oxygens (including phenoxy) is 1. The van der Waals surface area contributed by atoms with Gasteiger partial charge < -0.3 is 19.9 Å². The molecule has 0 spiro atoms. The summed E-state index contributed by atoms with van der Waals surface area (Å²) in [5.74, 6) is 0.597. The van der Waals surface area contributed by atoms with Crippen LogP contribution in [0.3, 0.4) is 0 Å². The van der Waals surface area contributed by atoms with Crippen molar-refractivity contribution in [2.24, 2.45) is 5.92 Å². The number of urea groups is 1. The van der Waals surface area contributed by atoms with Crippen LogP contribution in [0.4, 0.5) is 4.79 Å². The summed E-state index contributed by atoms with van der Waals surface area (Å²) in [4.78, 5) is 29.6. The van der Waals surface area contributed by atoms with Gasteiger partial charge in [-0.3, -0.25) is 4.79 Å². The highest BCUT2D eigenvalue weighted by Crippen LogP contribution is 2.35. The molecule has 0 unspecified atom stereocenters. The van der Waals surface area contributed by atoms with Crippen molar-refractivity contribution in [2.45, 2.75) is 57.0 Å². The van der Waals surface area contributed by atoms with Crippen LogP contribution in [0.1, 0.15) is 44.1 Å². The minimum absolute atomic E-state index is 0.0190. The molecule has 3 aliphatic rings. The second-order valence-corrected chi connectivity index (χ2v) is 8.55. The molecule has 0 radical (unpaired) electrons. The Hall–Kier alpha value is -2.08. The highest BCUT2D eigenvalue weighted by Gasteiger charge is 2.41. The van der Waals surface area contributed by atoms with Crippen molar-refractivity contribution < 1.29 is 14.3 Å². The van der Waals surface area contributed by atoms with Gasteiger partial charge in [-0.05, 0) is 50.5 Å². The monoisotopic (exact) mass is 399 g/mol. The Kier molecular flexibility index (Phi) is 6.70. The van der Waals surface area contributed by atoms with E-state index in [4.69, 9.17) is 4.74 Å². The molecule has 158 valence electrons. The zero-order chi connectivity index (χ0) is 20.1. The van der Waals surface area contributed by atoms with Crippen LogP contribution in [0.25, 0.3) is 0 Å². The lowest BCUT2D eigenvalue weighted by atomic mass is 9.97. The first kappa shape index (κ1) is 20.2. The van der Waals surface area contributed by atoms with Crippen molar-refractivity contribution in [2.75, 3.05) is 32.8 Å². The van der Waals surface area contributed by atoms with Gasteiger partial charge in [0.05, 0.1) is 0 Å². The van der Waals surface area contributed by atoms with Crippen LogP contribution < -0.4 is 5.32 Å². The van der Waals surface area contributed by atoms with Gasteiger partial charge >= 0.3 is 6.03 Å². The van der Waals surface area contributed by atoms with E-state index in [1.165, 1.54) is 5.56 Å². The van der Waals surface area contributed by atoms with Crippen molar-refractivity contribution in [1.82, 2.24) is 15.1 Å². The van der Waals surface area contributed by atoms with E-state index in [-0.39, 0.29) is 18.0 Å². The number of benzene rings is 1. The van der Waals surface area contributed by atoms with Crippen molar-refractivity contribution in [1.29, 1.82) is 0 Å². The maximum atomic E-state index is 13.0. The summed E-state index contributed by atoms with van der Waals surface area (Å²) < 4.78 is 5.51. The standard InChI is InChI=1S/C23H33N3O3/c27-22(19-6-7-19)26(21-11-16-29-17-12-21)20-9-14-25(15-10-20)23(28)24-13-8-18-4-2-1-3-5-18/h1-5,19-21H,6-17H2,(H,24,28). The molecule has 2 aliphatic heterocycles. The van der Waals surface area contributed by atoms with Gasteiger partial charge in [-0.15, -0.1) is 0 Å². The average molecular weight is 400 g/mol. The van der Waals surface area contributed by atoms with Gasteiger partial charge in [-0.2, -0.15) is 0 Å². The molecule has 29 heavy (non-hydrogen) atoms. The Bertz CT molecular complexity index is 678. The van der Waals surface area contributed by atoms with Gasteiger partial charge in [0.15, 0.2) is 0 Å². The van der Waals surface area contributed by atoms with Gasteiger partial charge in [0.2, 0.25) is 5.91 Å². The minimum Gasteiger partial charge on any atom is -0.381 e. The van der Waals surface area contributed by atoms with E-state index in [2.05, 4.69) is 22.3 Å². The number of nitrogens with zero attached hydrogens (tertiary/aromatic N) is 2. The second kappa shape index (κ2) is 9.61. The van der Waals surface area contributed by atoms with Crippen molar-refractivity contribution in [3.63, 3.8) is 0 Å². The van der Waals surface area contributed by atoms with Crippen LogP contribution in [-0.4, -0.2) is 66.7 Å². The SMILES string of the molecule is O=C(NCCc1ccccc1)N1CCC(N(C(=O)C2CC2)C2CCOCC2)CC1. The molecule has 4 rings (SSSR count). The van der Waals surface area contributed by atoms with Crippen molar-refractivity contribution >= 4 is 11.9 Å². The Balaban J connectivity index is 1.26. The molecule has 3 amide bonds.